The Kier molecular flexibility index (Phi) is 8.42. The van der Waals surface area contributed by atoms with Crippen molar-refractivity contribution in [1.82, 2.24) is 34.4 Å². The zero-order valence-corrected chi connectivity index (χ0v) is 22.7. The Hall–Kier alpha value is -3.68. The molecule has 1 amide bonds. The second-order valence-electron chi connectivity index (χ2n) is 10.1. The molecule has 4 heterocycles. The minimum Gasteiger partial charge on any atom is -0.380 e. The molecular weight excluding hydrogens is 513 g/mol. The number of piperazine rings is 1. The van der Waals surface area contributed by atoms with Gasteiger partial charge in [0.15, 0.2) is 11.5 Å². The van der Waals surface area contributed by atoms with Gasteiger partial charge in [-0.3, -0.25) is 4.79 Å². The summed E-state index contributed by atoms with van der Waals surface area (Å²) in [4.78, 5) is 31.2. The van der Waals surface area contributed by atoms with Crippen LogP contribution in [0, 0.1) is 6.92 Å². The molecule has 3 aromatic rings. The second kappa shape index (κ2) is 11.6. The molecule has 39 heavy (non-hydrogen) atoms. The van der Waals surface area contributed by atoms with Crippen LogP contribution in [0.4, 0.5) is 30.8 Å². The van der Waals surface area contributed by atoms with Crippen molar-refractivity contribution in [1.29, 1.82) is 0 Å². The minimum atomic E-state index is -4.44. The number of anilines is 3. The van der Waals surface area contributed by atoms with Crippen LogP contribution in [0.15, 0.2) is 18.5 Å². The first kappa shape index (κ1) is 28.3. The van der Waals surface area contributed by atoms with Crippen LogP contribution >= 0.6 is 0 Å². The normalized spacial score (nSPS) is 15.3. The Morgan fingerprint density at radius 1 is 1.18 bits per heavy atom. The predicted octanol–water partition coefficient (Wildman–Crippen LogP) is 2.35. The molecule has 3 aromatic heterocycles. The number of aromatic nitrogens is 5. The molecule has 1 aliphatic rings. The first-order valence-corrected chi connectivity index (χ1v) is 12.9. The van der Waals surface area contributed by atoms with Crippen molar-refractivity contribution in [2.75, 3.05) is 62.8 Å². The van der Waals surface area contributed by atoms with Crippen LogP contribution in [0.1, 0.15) is 36.6 Å². The van der Waals surface area contributed by atoms with Crippen LogP contribution in [0.3, 0.4) is 0 Å². The fourth-order valence-electron chi connectivity index (χ4n) is 4.69. The molecule has 1 unspecified atom stereocenters. The van der Waals surface area contributed by atoms with Gasteiger partial charge in [0.2, 0.25) is 11.9 Å². The number of nitrogen functional groups attached to an aromatic ring is 1. The van der Waals surface area contributed by atoms with Gasteiger partial charge in [-0.1, -0.05) is 19.4 Å². The number of nitrogens with one attached hydrogen (secondary N) is 1. The molecule has 1 saturated heterocycles. The maximum absolute atomic E-state index is 13.4. The maximum atomic E-state index is 13.4. The lowest BCUT2D eigenvalue weighted by Crippen LogP contribution is -2.51. The van der Waals surface area contributed by atoms with Gasteiger partial charge in [0.05, 0.1) is 18.4 Å². The van der Waals surface area contributed by atoms with E-state index in [1.165, 1.54) is 4.52 Å². The van der Waals surface area contributed by atoms with Gasteiger partial charge >= 0.3 is 6.18 Å². The Bertz CT molecular complexity index is 1300. The summed E-state index contributed by atoms with van der Waals surface area (Å²) in [5, 5.41) is 6.65. The van der Waals surface area contributed by atoms with Crippen molar-refractivity contribution in [3.8, 4) is 0 Å². The Labute approximate surface area is 225 Å². The first-order valence-electron chi connectivity index (χ1n) is 12.9. The monoisotopic (exact) mass is 548 g/mol. The highest BCUT2D eigenvalue weighted by molar-refractivity contribution is 5.78. The number of alkyl halides is 3. The topological polar surface area (TPSA) is 121 Å². The molecule has 4 rings (SSSR count). The predicted molar refractivity (Wildman–Crippen MR) is 143 cm³/mol. The Morgan fingerprint density at radius 2 is 1.90 bits per heavy atom. The third-order valence-corrected chi connectivity index (χ3v) is 6.61. The summed E-state index contributed by atoms with van der Waals surface area (Å²) in [5.41, 5.74) is 8.79. The zero-order valence-electron chi connectivity index (χ0n) is 22.7. The van der Waals surface area contributed by atoms with E-state index in [0.717, 1.165) is 16.9 Å². The van der Waals surface area contributed by atoms with Crippen molar-refractivity contribution < 1.29 is 18.0 Å². The molecule has 3 N–H and O–H groups in total. The minimum absolute atomic E-state index is 0.0102. The van der Waals surface area contributed by atoms with Crippen molar-refractivity contribution in [3.63, 3.8) is 0 Å². The smallest absolute Gasteiger partial charge is 0.380 e. The second-order valence-corrected chi connectivity index (χ2v) is 10.1. The fourth-order valence-corrected chi connectivity index (χ4v) is 4.69. The number of hydrogen-bond donors (Lipinski definition) is 2. The third-order valence-electron chi connectivity index (χ3n) is 6.61. The van der Waals surface area contributed by atoms with Gasteiger partial charge in [0, 0.05) is 38.8 Å². The highest BCUT2D eigenvalue weighted by atomic mass is 19.4. The Balaban J connectivity index is 1.48. The maximum Gasteiger partial charge on any atom is 0.408 e. The van der Waals surface area contributed by atoms with E-state index in [4.69, 9.17) is 10.7 Å². The van der Waals surface area contributed by atoms with Gasteiger partial charge in [0.25, 0.3) is 0 Å². The average Bonchev–Trinajstić information content (AvgIpc) is 3.26. The molecule has 11 nitrogen and oxygen atoms in total. The number of nitrogens with zero attached hydrogens (tertiary/aromatic N) is 8. The lowest BCUT2D eigenvalue weighted by Gasteiger charge is -2.36. The van der Waals surface area contributed by atoms with E-state index in [2.05, 4.69) is 25.3 Å². The number of fused-ring (bicyclic) bond motifs is 1. The van der Waals surface area contributed by atoms with Gasteiger partial charge in [-0.25, -0.2) is 14.5 Å². The van der Waals surface area contributed by atoms with Crippen LogP contribution in [0.2, 0.25) is 0 Å². The molecule has 0 aromatic carbocycles. The quantitative estimate of drug-likeness (QED) is 0.415. The van der Waals surface area contributed by atoms with Gasteiger partial charge in [-0.2, -0.15) is 18.2 Å². The van der Waals surface area contributed by atoms with E-state index in [9.17, 15) is 18.0 Å². The number of amides is 1. The zero-order chi connectivity index (χ0) is 28.3. The van der Waals surface area contributed by atoms with E-state index in [0.29, 0.717) is 51.3 Å². The molecule has 0 spiro atoms. The van der Waals surface area contributed by atoms with Gasteiger partial charge in [-0.15, -0.1) is 5.10 Å². The SMILES string of the molecule is CCCC(Nc1nc(N)c2ncc(Cc3cnc(N4CCN(C(=O)CN(C)C)CC4)c(C)c3)n2n1)C(F)(F)F. The number of halogens is 3. The number of carbonyl (C=O) groups is 1. The molecular formula is C25H35F3N10O. The van der Waals surface area contributed by atoms with E-state index < -0.39 is 12.2 Å². The lowest BCUT2D eigenvalue weighted by molar-refractivity contribution is -0.144. The summed E-state index contributed by atoms with van der Waals surface area (Å²) in [5.74, 6) is 0.769. The van der Waals surface area contributed by atoms with Crippen LogP contribution in [-0.2, 0) is 11.2 Å². The molecule has 1 aliphatic heterocycles. The number of rotatable bonds is 9. The summed E-state index contributed by atoms with van der Waals surface area (Å²) < 4.78 is 41.7. The summed E-state index contributed by atoms with van der Waals surface area (Å²) in [6.45, 7) is 6.74. The summed E-state index contributed by atoms with van der Waals surface area (Å²) in [6.07, 6.45) is -0.450. The third kappa shape index (κ3) is 6.67. The van der Waals surface area contributed by atoms with Crippen molar-refractivity contribution >= 4 is 29.1 Å². The van der Waals surface area contributed by atoms with Crippen molar-refractivity contribution in [2.45, 2.75) is 45.3 Å². The average molecular weight is 549 g/mol. The van der Waals surface area contributed by atoms with Crippen molar-refractivity contribution in [3.05, 3.63) is 35.3 Å². The van der Waals surface area contributed by atoms with Gasteiger partial charge in [0.1, 0.15) is 11.9 Å². The van der Waals surface area contributed by atoms with E-state index in [1.807, 2.05) is 36.9 Å². The number of likely N-dealkylation sites (N-methyl/N-ethyl adjacent to an activating group) is 1. The number of carbonyl (C=O) groups excluding carboxylic acids is 1. The van der Waals surface area contributed by atoms with Crippen LogP contribution in [0.25, 0.3) is 5.65 Å². The standard InChI is InChI=1S/C25H35F3N10O/c1-5-6-19(25(26,27)28)32-24-33-21(29)23-31-14-18(38(23)34-24)12-17-11-16(2)22(30-13-17)37-9-7-36(8-10-37)20(39)15-35(3)4/h11,13-14,19H,5-10,12,15H2,1-4H3,(H3,29,32,33,34). The number of pyridine rings is 1. The molecule has 212 valence electrons. The van der Waals surface area contributed by atoms with Crippen LogP contribution < -0.4 is 16.0 Å². The van der Waals surface area contributed by atoms with Crippen LogP contribution in [-0.4, -0.2) is 99.3 Å². The number of nitrogens with two attached hydrogens (primary N) is 1. The van der Waals surface area contributed by atoms with E-state index in [-0.39, 0.29) is 29.7 Å². The highest BCUT2D eigenvalue weighted by Crippen LogP contribution is 2.27. The largest absolute Gasteiger partial charge is 0.408 e. The Morgan fingerprint density at radius 3 is 2.51 bits per heavy atom. The number of imidazole rings is 1. The number of aryl methyl sites for hydroxylation is 1. The highest BCUT2D eigenvalue weighted by Gasteiger charge is 2.39. The van der Waals surface area contributed by atoms with Crippen molar-refractivity contribution in [2.24, 2.45) is 0 Å². The molecule has 1 atom stereocenters. The molecule has 0 saturated carbocycles. The molecule has 1 fully saturated rings. The molecule has 0 aliphatic carbocycles. The first-order chi connectivity index (χ1) is 18.5. The molecule has 14 heteroatoms. The van der Waals surface area contributed by atoms with Gasteiger partial charge < -0.3 is 25.8 Å². The fraction of sp³-hybridized carbons (Fsp3) is 0.560. The van der Waals surface area contributed by atoms with E-state index in [1.54, 1.807) is 19.3 Å². The summed E-state index contributed by atoms with van der Waals surface area (Å²) in [6, 6.07) is 0.245. The summed E-state index contributed by atoms with van der Waals surface area (Å²) >= 11 is 0. The van der Waals surface area contributed by atoms with E-state index >= 15 is 0 Å². The number of hydrogen-bond acceptors (Lipinski definition) is 9. The van der Waals surface area contributed by atoms with Crippen LogP contribution in [0.5, 0.6) is 0 Å². The lowest BCUT2D eigenvalue weighted by atomic mass is 10.1. The molecule has 0 radical (unpaired) electrons. The van der Waals surface area contributed by atoms with Gasteiger partial charge in [-0.05, 0) is 38.6 Å². The summed E-state index contributed by atoms with van der Waals surface area (Å²) in [7, 11) is 3.76. The molecule has 0 bridgehead atoms.